The second-order valence-electron chi connectivity index (χ2n) is 7.12. The highest BCUT2D eigenvalue weighted by molar-refractivity contribution is 5.68. The maximum atomic E-state index is 12.3. The van der Waals surface area contributed by atoms with Crippen molar-refractivity contribution in [2.24, 2.45) is 0 Å². The standard InChI is InChI=1S/C18H24N4O3/c1-5-13-11-20-15-16(19-8-10-22(13)15)24-14-7-6-9-21(12-14)17(23)25-18(2,3)4/h5,8,10-11,14H,1,6-7,9,12H2,2-4H3. The molecule has 2 aromatic heterocycles. The predicted octanol–water partition coefficient (Wildman–Crippen LogP) is 3.15. The van der Waals surface area contributed by atoms with Crippen molar-refractivity contribution in [2.75, 3.05) is 13.1 Å². The molecule has 0 N–H and O–H groups in total. The van der Waals surface area contributed by atoms with Crippen LogP contribution < -0.4 is 4.74 Å². The van der Waals surface area contributed by atoms with Crippen molar-refractivity contribution in [3.05, 3.63) is 30.9 Å². The number of nitrogens with zero attached hydrogens (tertiary/aromatic N) is 4. The Balaban J connectivity index is 1.72. The number of imidazole rings is 1. The van der Waals surface area contributed by atoms with Gasteiger partial charge < -0.3 is 14.4 Å². The number of hydrogen-bond acceptors (Lipinski definition) is 5. The molecule has 3 heterocycles. The minimum absolute atomic E-state index is 0.135. The second kappa shape index (κ2) is 6.74. The molecule has 1 aliphatic heterocycles. The van der Waals surface area contributed by atoms with Gasteiger partial charge in [-0.3, -0.25) is 4.40 Å². The van der Waals surface area contributed by atoms with E-state index in [1.54, 1.807) is 23.4 Å². The minimum atomic E-state index is -0.505. The molecule has 0 spiro atoms. The summed E-state index contributed by atoms with van der Waals surface area (Å²) in [5.74, 6) is 0.464. The monoisotopic (exact) mass is 344 g/mol. The molecule has 0 aromatic carbocycles. The van der Waals surface area contributed by atoms with Crippen molar-refractivity contribution in [3.8, 4) is 5.88 Å². The van der Waals surface area contributed by atoms with E-state index in [4.69, 9.17) is 9.47 Å². The summed E-state index contributed by atoms with van der Waals surface area (Å²) in [4.78, 5) is 22.6. The van der Waals surface area contributed by atoms with Crippen LogP contribution in [-0.2, 0) is 4.74 Å². The molecule has 0 saturated carbocycles. The number of piperidine rings is 1. The molecule has 25 heavy (non-hydrogen) atoms. The summed E-state index contributed by atoms with van der Waals surface area (Å²) < 4.78 is 13.4. The van der Waals surface area contributed by atoms with Gasteiger partial charge in [-0.25, -0.2) is 14.8 Å². The molecule has 1 saturated heterocycles. The van der Waals surface area contributed by atoms with Gasteiger partial charge >= 0.3 is 6.09 Å². The first-order valence-electron chi connectivity index (χ1n) is 8.46. The molecule has 7 nitrogen and oxygen atoms in total. The summed E-state index contributed by atoms with van der Waals surface area (Å²) >= 11 is 0. The topological polar surface area (TPSA) is 69.0 Å². The zero-order valence-electron chi connectivity index (χ0n) is 14.9. The molecule has 1 fully saturated rings. The van der Waals surface area contributed by atoms with Crippen LogP contribution in [0.25, 0.3) is 11.7 Å². The lowest BCUT2D eigenvalue weighted by Gasteiger charge is -2.33. The summed E-state index contributed by atoms with van der Waals surface area (Å²) in [7, 11) is 0. The van der Waals surface area contributed by atoms with E-state index in [2.05, 4.69) is 16.5 Å². The molecule has 1 atom stereocenters. The first kappa shape index (κ1) is 17.3. The fourth-order valence-corrected chi connectivity index (χ4v) is 2.83. The molecule has 2 aromatic rings. The predicted molar refractivity (Wildman–Crippen MR) is 94.5 cm³/mol. The van der Waals surface area contributed by atoms with E-state index < -0.39 is 5.60 Å². The van der Waals surface area contributed by atoms with Crippen LogP contribution >= 0.6 is 0 Å². The number of amides is 1. The summed E-state index contributed by atoms with van der Waals surface area (Å²) in [6.07, 6.45) is 8.23. The summed E-state index contributed by atoms with van der Waals surface area (Å²) in [5.41, 5.74) is 1.02. The number of likely N-dealkylation sites (tertiary alicyclic amines) is 1. The summed E-state index contributed by atoms with van der Waals surface area (Å²) in [6, 6.07) is 0. The highest BCUT2D eigenvalue weighted by atomic mass is 16.6. The highest BCUT2D eigenvalue weighted by Gasteiger charge is 2.29. The Kier molecular flexibility index (Phi) is 4.65. The van der Waals surface area contributed by atoms with Crippen LogP contribution in [0.3, 0.4) is 0 Å². The molecule has 7 heteroatoms. The third-order valence-corrected chi connectivity index (χ3v) is 3.94. The van der Waals surface area contributed by atoms with Crippen LogP contribution in [0, 0.1) is 0 Å². The van der Waals surface area contributed by atoms with Crippen molar-refractivity contribution >= 4 is 17.8 Å². The molecule has 1 unspecified atom stereocenters. The van der Waals surface area contributed by atoms with E-state index in [9.17, 15) is 4.79 Å². The molecule has 3 rings (SSSR count). The fraction of sp³-hybridized carbons (Fsp3) is 0.500. The lowest BCUT2D eigenvalue weighted by molar-refractivity contribution is 0.00736. The average molecular weight is 344 g/mol. The van der Waals surface area contributed by atoms with Crippen LogP contribution in [0.5, 0.6) is 5.88 Å². The smallest absolute Gasteiger partial charge is 0.410 e. The Bertz CT molecular complexity index is 778. The van der Waals surface area contributed by atoms with Crippen molar-refractivity contribution in [1.29, 1.82) is 0 Å². The first-order valence-corrected chi connectivity index (χ1v) is 8.46. The molecule has 0 bridgehead atoms. The third kappa shape index (κ3) is 3.92. The number of fused-ring (bicyclic) bond motifs is 1. The van der Waals surface area contributed by atoms with Crippen LogP contribution in [0.4, 0.5) is 4.79 Å². The van der Waals surface area contributed by atoms with Gasteiger partial charge in [0.2, 0.25) is 5.65 Å². The lowest BCUT2D eigenvalue weighted by Crippen LogP contribution is -2.46. The van der Waals surface area contributed by atoms with E-state index in [0.29, 0.717) is 24.6 Å². The Morgan fingerprint density at radius 3 is 2.92 bits per heavy atom. The first-order chi connectivity index (χ1) is 11.9. The van der Waals surface area contributed by atoms with E-state index in [-0.39, 0.29) is 12.2 Å². The van der Waals surface area contributed by atoms with Gasteiger partial charge in [0.15, 0.2) is 0 Å². The van der Waals surface area contributed by atoms with Crippen molar-refractivity contribution in [2.45, 2.75) is 45.3 Å². The van der Waals surface area contributed by atoms with Crippen molar-refractivity contribution in [1.82, 2.24) is 19.3 Å². The number of aromatic nitrogens is 3. The van der Waals surface area contributed by atoms with Crippen LogP contribution in [-0.4, -0.2) is 50.2 Å². The Morgan fingerprint density at radius 1 is 1.40 bits per heavy atom. The van der Waals surface area contributed by atoms with Gasteiger partial charge in [0.05, 0.1) is 18.4 Å². The Labute approximate surface area is 147 Å². The minimum Gasteiger partial charge on any atom is -0.470 e. The lowest BCUT2D eigenvalue weighted by atomic mass is 10.1. The Morgan fingerprint density at radius 2 is 2.20 bits per heavy atom. The van der Waals surface area contributed by atoms with Crippen LogP contribution in [0.1, 0.15) is 39.3 Å². The largest absolute Gasteiger partial charge is 0.470 e. The summed E-state index contributed by atoms with van der Waals surface area (Å²) in [5, 5.41) is 0. The van der Waals surface area contributed by atoms with Gasteiger partial charge in [0.1, 0.15) is 11.7 Å². The van der Waals surface area contributed by atoms with E-state index in [0.717, 1.165) is 18.5 Å². The summed E-state index contributed by atoms with van der Waals surface area (Å²) in [6.45, 7) is 10.5. The third-order valence-electron chi connectivity index (χ3n) is 3.94. The van der Waals surface area contributed by atoms with Crippen LogP contribution in [0.15, 0.2) is 25.2 Å². The number of hydrogen-bond donors (Lipinski definition) is 0. The van der Waals surface area contributed by atoms with E-state index in [1.165, 1.54) is 0 Å². The molecule has 1 amide bonds. The maximum absolute atomic E-state index is 12.3. The van der Waals surface area contributed by atoms with Gasteiger partial charge in [0.25, 0.3) is 5.88 Å². The molecule has 0 radical (unpaired) electrons. The number of carbonyl (C=O) groups is 1. The number of rotatable bonds is 3. The highest BCUT2D eigenvalue weighted by Crippen LogP contribution is 2.22. The molecule has 1 aliphatic rings. The van der Waals surface area contributed by atoms with Gasteiger partial charge in [-0.1, -0.05) is 6.58 Å². The average Bonchev–Trinajstić information content (AvgIpc) is 2.98. The SMILES string of the molecule is C=Cc1cnc2c(OC3CCCN(C(=O)OC(C)(C)C)C3)nccn12. The molecular formula is C18H24N4O3. The molecule has 0 aliphatic carbocycles. The number of carbonyl (C=O) groups excluding carboxylic acids is 1. The van der Waals surface area contributed by atoms with Crippen molar-refractivity contribution in [3.63, 3.8) is 0 Å². The molecule has 134 valence electrons. The normalized spacial score (nSPS) is 18.2. The van der Waals surface area contributed by atoms with E-state index >= 15 is 0 Å². The maximum Gasteiger partial charge on any atom is 0.410 e. The van der Waals surface area contributed by atoms with Crippen LogP contribution in [0.2, 0.25) is 0 Å². The quantitative estimate of drug-likeness (QED) is 0.855. The van der Waals surface area contributed by atoms with Gasteiger partial charge in [-0.15, -0.1) is 0 Å². The second-order valence-corrected chi connectivity index (χ2v) is 7.12. The van der Waals surface area contributed by atoms with E-state index in [1.807, 2.05) is 31.4 Å². The van der Waals surface area contributed by atoms with Gasteiger partial charge in [0, 0.05) is 18.9 Å². The Hall–Kier alpha value is -2.57. The fourth-order valence-electron chi connectivity index (χ4n) is 2.83. The van der Waals surface area contributed by atoms with Gasteiger partial charge in [-0.2, -0.15) is 0 Å². The van der Waals surface area contributed by atoms with Gasteiger partial charge in [-0.05, 0) is 39.7 Å². The van der Waals surface area contributed by atoms with Crippen molar-refractivity contribution < 1.29 is 14.3 Å². The number of ether oxygens (including phenoxy) is 2. The zero-order valence-corrected chi connectivity index (χ0v) is 14.9. The molecular weight excluding hydrogens is 320 g/mol. The zero-order chi connectivity index (χ0) is 18.0.